The van der Waals surface area contributed by atoms with Gasteiger partial charge in [0.2, 0.25) is 0 Å². The minimum Gasteiger partial charge on any atom is -0.417 e. The van der Waals surface area contributed by atoms with Crippen LogP contribution in [0, 0.1) is 66.1 Å². The summed E-state index contributed by atoms with van der Waals surface area (Å²) in [6, 6.07) is 0. The Morgan fingerprint density at radius 3 is 1.00 bits per heavy atom. The normalized spacial score (nSPS) is 21.6. The van der Waals surface area contributed by atoms with Crippen molar-refractivity contribution in [3.63, 3.8) is 0 Å². The zero-order valence-electron chi connectivity index (χ0n) is 26.2. The second kappa shape index (κ2) is 17.1. The average molecular weight is 575 g/mol. The largest absolute Gasteiger partial charge is 0.417 e. The molecular formula is C32H57OSiY-. The predicted octanol–water partition coefficient (Wildman–Crippen LogP) is 10.3. The summed E-state index contributed by atoms with van der Waals surface area (Å²) in [4.78, 5) is 0. The van der Waals surface area contributed by atoms with Gasteiger partial charge in [-0.05, 0) is 83.7 Å². The maximum Gasteiger partial charge on any atom is 0.191 e. The summed E-state index contributed by atoms with van der Waals surface area (Å²) in [5.74, 6) is 14.7. The molecule has 1 nitrogen and oxygen atoms in total. The van der Waals surface area contributed by atoms with Crippen LogP contribution in [0.15, 0.2) is 0 Å². The summed E-state index contributed by atoms with van der Waals surface area (Å²) >= 11 is 0. The van der Waals surface area contributed by atoms with Gasteiger partial charge in [-0.2, -0.15) is 6.42 Å². The molecule has 3 heteroatoms. The number of hydrogen-bond donors (Lipinski definition) is 0. The SMILES string of the molecule is C[C]1[C](C)[C](C)[C](C)[C]1C.C[C]1[C](C)[C](C)[C](C)[C]1C.[CH2-]CCCCCO[Si](C)(C)C(C)(C)C.[Y]. The van der Waals surface area contributed by atoms with E-state index in [-0.39, 0.29) is 32.7 Å². The third kappa shape index (κ3) is 11.5. The molecule has 0 aromatic heterocycles. The molecule has 0 N–H and O–H groups in total. The van der Waals surface area contributed by atoms with E-state index in [2.05, 4.69) is 110 Å². The molecule has 2 saturated carbocycles. The van der Waals surface area contributed by atoms with Gasteiger partial charge in [-0.15, -0.1) is 0 Å². The molecule has 2 fully saturated rings. The Balaban J connectivity index is 0. The summed E-state index contributed by atoms with van der Waals surface area (Å²) in [5, 5.41) is 0.347. The third-order valence-electron chi connectivity index (χ3n) is 8.79. The first-order valence-electron chi connectivity index (χ1n) is 13.2. The van der Waals surface area contributed by atoms with Crippen molar-refractivity contribution in [3.05, 3.63) is 66.1 Å². The second-order valence-corrected chi connectivity index (χ2v) is 16.6. The van der Waals surface area contributed by atoms with Crippen molar-refractivity contribution in [1.29, 1.82) is 0 Å². The van der Waals surface area contributed by atoms with E-state index >= 15 is 0 Å². The van der Waals surface area contributed by atoms with Gasteiger partial charge in [0.1, 0.15) is 0 Å². The van der Waals surface area contributed by atoms with Crippen LogP contribution in [0.5, 0.6) is 0 Å². The minimum absolute atomic E-state index is 0. The van der Waals surface area contributed by atoms with Gasteiger partial charge >= 0.3 is 0 Å². The van der Waals surface area contributed by atoms with Gasteiger partial charge in [0.15, 0.2) is 8.32 Å². The number of hydrogen-bond acceptors (Lipinski definition) is 1. The van der Waals surface area contributed by atoms with E-state index < -0.39 is 8.32 Å². The first-order chi connectivity index (χ1) is 15.4. The van der Waals surface area contributed by atoms with E-state index in [4.69, 9.17) is 4.43 Å². The second-order valence-electron chi connectivity index (χ2n) is 11.8. The van der Waals surface area contributed by atoms with Crippen molar-refractivity contribution < 1.29 is 37.1 Å². The smallest absolute Gasteiger partial charge is 0.191 e. The van der Waals surface area contributed by atoms with Crippen LogP contribution >= 0.6 is 0 Å². The predicted molar refractivity (Wildman–Crippen MR) is 156 cm³/mol. The van der Waals surface area contributed by atoms with Gasteiger partial charge in [-0.3, -0.25) is 0 Å². The Morgan fingerprint density at radius 2 is 0.800 bits per heavy atom. The van der Waals surface area contributed by atoms with Gasteiger partial charge in [0, 0.05) is 39.3 Å². The van der Waals surface area contributed by atoms with Crippen LogP contribution in [-0.4, -0.2) is 14.9 Å². The molecule has 0 aromatic carbocycles. The topological polar surface area (TPSA) is 9.23 Å². The summed E-state index contributed by atoms with van der Waals surface area (Å²) < 4.78 is 6.06. The standard InChI is InChI=1S/C12H27OSi.2C10H15.Y/c1-7-8-9-10-11-13-14(5,6)12(2,3)4;2*1-6-7(2)9(4)10(5)8(6)3;/h1,7-11H2,2-6H3;2*1-5H3;/q-1;;;. The molecule has 0 aliphatic heterocycles. The number of unbranched alkanes of at least 4 members (excludes halogenated alkanes) is 3. The molecule has 0 heterocycles. The molecule has 2 aliphatic carbocycles. The average Bonchev–Trinajstić information content (AvgIpc) is 3.03. The summed E-state index contributed by atoms with van der Waals surface area (Å²) in [5.41, 5.74) is 0. The van der Waals surface area contributed by atoms with E-state index in [1.54, 1.807) is 0 Å². The van der Waals surface area contributed by atoms with Crippen molar-refractivity contribution in [3.8, 4) is 0 Å². The molecule has 0 saturated heterocycles. The van der Waals surface area contributed by atoms with Gasteiger partial charge in [-0.25, -0.2) is 0 Å². The maximum atomic E-state index is 6.06. The molecule has 2 rings (SSSR count). The summed E-state index contributed by atoms with van der Waals surface area (Å²) in [7, 11) is -1.48. The van der Waals surface area contributed by atoms with Crippen LogP contribution in [0.25, 0.3) is 0 Å². The zero-order chi connectivity index (χ0) is 27.0. The minimum atomic E-state index is -1.48. The molecular weight excluding hydrogens is 517 g/mol. The van der Waals surface area contributed by atoms with Gasteiger partial charge in [-0.1, -0.05) is 103 Å². The van der Waals surface area contributed by atoms with Crippen LogP contribution in [-0.2, 0) is 37.1 Å². The van der Waals surface area contributed by atoms with E-state index in [1.807, 2.05) is 0 Å². The summed E-state index contributed by atoms with van der Waals surface area (Å²) in [6.07, 6.45) is 4.75. The maximum absolute atomic E-state index is 6.06. The van der Waals surface area contributed by atoms with Gasteiger partial charge in [0.25, 0.3) is 0 Å². The Bertz CT molecular complexity index is 423. The van der Waals surface area contributed by atoms with Crippen LogP contribution in [0.3, 0.4) is 0 Å². The molecule has 199 valence electrons. The quantitative estimate of drug-likeness (QED) is 0.174. The molecule has 0 bridgehead atoms. The fourth-order valence-corrected chi connectivity index (χ4v) is 4.90. The molecule has 0 atom stereocenters. The monoisotopic (exact) mass is 574 g/mol. The van der Waals surface area contributed by atoms with E-state index in [0.717, 1.165) is 13.0 Å². The molecule has 35 heavy (non-hydrogen) atoms. The van der Waals surface area contributed by atoms with Crippen LogP contribution in [0.1, 0.15) is 116 Å². The van der Waals surface area contributed by atoms with Crippen molar-refractivity contribution >= 4 is 8.32 Å². The molecule has 0 unspecified atom stereocenters. The van der Waals surface area contributed by atoms with Crippen LogP contribution in [0.2, 0.25) is 18.1 Å². The molecule has 11 radical (unpaired) electrons. The summed E-state index contributed by atoms with van der Waals surface area (Å²) in [6.45, 7) is 38.3. The van der Waals surface area contributed by atoms with Crippen molar-refractivity contribution in [2.75, 3.05) is 6.61 Å². The zero-order valence-corrected chi connectivity index (χ0v) is 30.1. The number of rotatable bonds is 6. The first kappa shape index (κ1) is 38.4. The fraction of sp³-hybridized carbons (Fsp3) is 0.656. The molecule has 0 amide bonds. The van der Waals surface area contributed by atoms with E-state index in [1.165, 1.54) is 78.4 Å². The van der Waals surface area contributed by atoms with Gasteiger partial charge in [0.05, 0.1) is 0 Å². The Morgan fingerprint density at radius 1 is 0.543 bits per heavy atom. The molecule has 0 aromatic rings. The van der Waals surface area contributed by atoms with E-state index in [9.17, 15) is 0 Å². The van der Waals surface area contributed by atoms with Crippen molar-refractivity contribution in [2.24, 2.45) is 0 Å². The molecule has 0 spiro atoms. The van der Waals surface area contributed by atoms with Gasteiger partial charge < -0.3 is 11.3 Å². The van der Waals surface area contributed by atoms with Crippen LogP contribution < -0.4 is 0 Å². The fourth-order valence-electron chi connectivity index (χ4n) is 3.81. The van der Waals surface area contributed by atoms with E-state index in [0.29, 0.717) is 5.04 Å². The van der Waals surface area contributed by atoms with Crippen molar-refractivity contribution in [2.45, 2.75) is 134 Å². The van der Waals surface area contributed by atoms with Crippen LogP contribution in [0.4, 0.5) is 0 Å². The Kier molecular flexibility index (Phi) is 18.7. The Labute approximate surface area is 250 Å². The first-order valence-corrected chi connectivity index (χ1v) is 16.2. The Hall–Kier alpha value is 1.28. The van der Waals surface area contributed by atoms with Crippen molar-refractivity contribution in [1.82, 2.24) is 0 Å². The molecule has 2 aliphatic rings. The third-order valence-corrected chi connectivity index (χ3v) is 13.3.